The highest BCUT2D eigenvalue weighted by Gasteiger charge is 2.26. The van der Waals surface area contributed by atoms with Gasteiger partial charge in [0.25, 0.3) is 0 Å². The molecule has 1 amide bonds. The summed E-state index contributed by atoms with van der Waals surface area (Å²) in [5.74, 6) is 2.35. The number of aromatic nitrogens is 3. The van der Waals surface area contributed by atoms with Crippen molar-refractivity contribution in [1.29, 1.82) is 0 Å². The summed E-state index contributed by atoms with van der Waals surface area (Å²) < 4.78 is 13.3. The Morgan fingerprint density at radius 2 is 2.00 bits per heavy atom. The van der Waals surface area contributed by atoms with Crippen molar-refractivity contribution in [2.24, 2.45) is 0 Å². The number of anilines is 1. The lowest BCUT2D eigenvalue weighted by Crippen LogP contribution is -2.20. The first-order valence-electron chi connectivity index (χ1n) is 10.1. The SMILES string of the molecule is CCOc1ccc(NC(=O)Cn2c(C)cc(-c3nnc(C4CCC4)o3)c2C)cc1. The van der Waals surface area contributed by atoms with Crippen LogP contribution in [0.3, 0.4) is 0 Å². The van der Waals surface area contributed by atoms with Crippen LogP contribution in [0.2, 0.25) is 0 Å². The predicted octanol–water partition coefficient (Wildman–Crippen LogP) is 4.46. The first-order chi connectivity index (χ1) is 14.0. The monoisotopic (exact) mass is 394 g/mol. The van der Waals surface area contributed by atoms with Gasteiger partial charge < -0.3 is 19.0 Å². The Hall–Kier alpha value is -3.09. The maximum absolute atomic E-state index is 12.6. The molecule has 152 valence electrons. The summed E-state index contributed by atoms with van der Waals surface area (Å²) in [5, 5.41) is 11.4. The van der Waals surface area contributed by atoms with E-state index in [1.54, 1.807) is 0 Å². The molecule has 1 aromatic carbocycles. The summed E-state index contributed by atoms with van der Waals surface area (Å²) in [5.41, 5.74) is 3.54. The maximum Gasteiger partial charge on any atom is 0.249 e. The van der Waals surface area contributed by atoms with Crippen LogP contribution in [-0.2, 0) is 11.3 Å². The van der Waals surface area contributed by atoms with E-state index in [-0.39, 0.29) is 12.5 Å². The van der Waals surface area contributed by atoms with E-state index < -0.39 is 0 Å². The van der Waals surface area contributed by atoms with Gasteiger partial charge in [-0.25, -0.2) is 0 Å². The summed E-state index contributed by atoms with van der Waals surface area (Å²) in [7, 11) is 0. The molecule has 0 aliphatic heterocycles. The number of aryl methyl sites for hydroxylation is 1. The molecule has 7 heteroatoms. The van der Waals surface area contributed by atoms with E-state index >= 15 is 0 Å². The van der Waals surface area contributed by atoms with Gasteiger partial charge in [0.05, 0.1) is 12.2 Å². The highest BCUT2D eigenvalue weighted by Crippen LogP contribution is 2.37. The van der Waals surface area contributed by atoms with Crippen LogP contribution < -0.4 is 10.1 Å². The number of ether oxygens (including phenoxy) is 1. The molecule has 1 saturated carbocycles. The lowest BCUT2D eigenvalue weighted by atomic mass is 9.85. The van der Waals surface area contributed by atoms with Crippen LogP contribution in [0, 0.1) is 13.8 Å². The van der Waals surface area contributed by atoms with Gasteiger partial charge in [-0.3, -0.25) is 4.79 Å². The smallest absolute Gasteiger partial charge is 0.249 e. The number of rotatable bonds is 7. The van der Waals surface area contributed by atoms with Crippen LogP contribution in [0.4, 0.5) is 5.69 Å². The molecule has 2 heterocycles. The van der Waals surface area contributed by atoms with Crippen molar-refractivity contribution >= 4 is 11.6 Å². The van der Waals surface area contributed by atoms with Crippen LogP contribution in [0.15, 0.2) is 34.7 Å². The minimum atomic E-state index is -0.0943. The molecular formula is C22H26N4O3. The van der Waals surface area contributed by atoms with E-state index in [0.29, 0.717) is 18.4 Å². The fourth-order valence-electron chi connectivity index (χ4n) is 3.57. The minimum absolute atomic E-state index is 0.0943. The Labute approximate surface area is 170 Å². The van der Waals surface area contributed by atoms with E-state index in [1.807, 2.05) is 55.7 Å². The lowest BCUT2D eigenvalue weighted by molar-refractivity contribution is -0.116. The third-order valence-electron chi connectivity index (χ3n) is 5.45. The van der Waals surface area contributed by atoms with Crippen LogP contribution in [0.5, 0.6) is 5.75 Å². The van der Waals surface area contributed by atoms with Gasteiger partial charge in [0, 0.05) is 23.0 Å². The quantitative estimate of drug-likeness (QED) is 0.640. The molecule has 1 N–H and O–H groups in total. The third-order valence-corrected chi connectivity index (χ3v) is 5.45. The van der Waals surface area contributed by atoms with E-state index in [1.165, 1.54) is 6.42 Å². The molecule has 2 aromatic heterocycles. The van der Waals surface area contributed by atoms with E-state index in [9.17, 15) is 4.79 Å². The second kappa shape index (κ2) is 8.11. The summed E-state index contributed by atoms with van der Waals surface area (Å²) >= 11 is 0. The van der Waals surface area contributed by atoms with Gasteiger partial charge in [0.2, 0.25) is 17.7 Å². The number of carbonyl (C=O) groups excluding carboxylic acids is 1. The zero-order valence-corrected chi connectivity index (χ0v) is 17.1. The molecule has 0 radical (unpaired) electrons. The third kappa shape index (κ3) is 4.04. The van der Waals surface area contributed by atoms with Gasteiger partial charge in [0.1, 0.15) is 12.3 Å². The standard InChI is InChI=1S/C22H26N4O3/c1-4-28-18-10-8-17(9-11-18)23-20(27)13-26-14(2)12-19(15(26)3)22-25-24-21(29-22)16-6-5-7-16/h8-12,16H,4-7,13H2,1-3H3,(H,23,27). The molecule has 1 aliphatic carbocycles. The van der Waals surface area contributed by atoms with Crippen molar-refractivity contribution in [3.05, 3.63) is 47.6 Å². The van der Waals surface area contributed by atoms with Gasteiger partial charge in [-0.15, -0.1) is 10.2 Å². The Morgan fingerprint density at radius 3 is 2.66 bits per heavy atom. The van der Waals surface area contributed by atoms with Crippen LogP contribution >= 0.6 is 0 Å². The Balaban J connectivity index is 1.46. The minimum Gasteiger partial charge on any atom is -0.494 e. The Kier molecular flexibility index (Phi) is 5.38. The van der Waals surface area contributed by atoms with E-state index in [0.717, 1.165) is 47.1 Å². The van der Waals surface area contributed by atoms with Gasteiger partial charge in [0.15, 0.2) is 0 Å². The molecule has 0 spiro atoms. The van der Waals surface area contributed by atoms with Crippen LogP contribution in [0.25, 0.3) is 11.5 Å². The Morgan fingerprint density at radius 1 is 1.24 bits per heavy atom. The Bertz CT molecular complexity index is 1000. The van der Waals surface area contributed by atoms with Gasteiger partial charge in [-0.1, -0.05) is 6.42 Å². The molecule has 7 nitrogen and oxygen atoms in total. The molecular weight excluding hydrogens is 368 g/mol. The number of benzene rings is 1. The number of carbonyl (C=O) groups is 1. The second-order valence-corrected chi connectivity index (χ2v) is 7.45. The number of hydrogen-bond acceptors (Lipinski definition) is 5. The van der Waals surface area contributed by atoms with Crippen molar-refractivity contribution < 1.29 is 13.9 Å². The van der Waals surface area contributed by atoms with E-state index in [2.05, 4.69) is 15.5 Å². The van der Waals surface area contributed by atoms with Crippen molar-refractivity contribution in [3.8, 4) is 17.2 Å². The van der Waals surface area contributed by atoms with E-state index in [4.69, 9.17) is 9.15 Å². The summed E-state index contributed by atoms with van der Waals surface area (Å²) in [6, 6.07) is 9.36. The number of nitrogens with zero attached hydrogens (tertiary/aromatic N) is 3. The zero-order valence-electron chi connectivity index (χ0n) is 17.1. The molecule has 4 rings (SSSR count). The topological polar surface area (TPSA) is 82.2 Å². The molecule has 0 unspecified atom stereocenters. The second-order valence-electron chi connectivity index (χ2n) is 7.45. The number of amides is 1. The molecule has 0 atom stereocenters. The molecule has 3 aromatic rings. The number of hydrogen-bond donors (Lipinski definition) is 1. The fourth-order valence-corrected chi connectivity index (χ4v) is 3.57. The summed E-state index contributed by atoms with van der Waals surface area (Å²) in [6.45, 7) is 6.72. The summed E-state index contributed by atoms with van der Waals surface area (Å²) in [4.78, 5) is 12.6. The molecule has 29 heavy (non-hydrogen) atoms. The van der Waals surface area contributed by atoms with Gasteiger partial charge in [-0.2, -0.15) is 0 Å². The van der Waals surface area contributed by atoms with Crippen molar-refractivity contribution in [2.45, 2.75) is 52.5 Å². The highest BCUT2D eigenvalue weighted by molar-refractivity contribution is 5.90. The molecule has 0 bridgehead atoms. The molecule has 1 aliphatic rings. The first kappa shape index (κ1) is 19.2. The van der Waals surface area contributed by atoms with Gasteiger partial charge >= 0.3 is 0 Å². The predicted molar refractivity (Wildman–Crippen MR) is 110 cm³/mol. The normalized spacial score (nSPS) is 13.9. The average molecular weight is 394 g/mol. The lowest BCUT2D eigenvalue weighted by Gasteiger charge is -2.20. The highest BCUT2D eigenvalue weighted by atomic mass is 16.5. The molecule has 1 fully saturated rings. The summed E-state index contributed by atoms with van der Waals surface area (Å²) in [6.07, 6.45) is 3.46. The molecule has 0 saturated heterocycles. The largest absolute Gasteiger partial charge is 0.494 e. The average Bonchev–Trinajstić information content (AvgIpc) is 3.22. The van der Waals surface area contributed by atoms with Gasteiger partial charge in [-0.05, 0) is 63.9 Å². The van der Waals surface area contributed by atoms with Crippen LogP contribution in [-0.4, -0.2) is 27.3 Å². The zero-order chi connectivity index (χ0) is 20.4. The van der Waals surface area contributed by atoms with Crippen molar-refractivity contribution in [3.63, 3.8) is 0 Å². The maximum atomic E-state index is 12.6. The first-order valence-corrected chi connectivity index (χ1v) is 10.1. The van der Waals surface area contributed by atoms with Crippen LogP contribution in [0.1, 0.15) is 49.4 Å². The van der Waals surface area contributed by atoms with Crippen molar-refractivity contribution in [1.82, 2.24) is 14.8 Å². The van der Waals surface area contributed by atoms with Crippen molar-refractivity contribution in [2.75, 3.05) is 11.9 Å². The fraction of sp³-hybridized carbons (Fsp3) is 0.409. The number of nitrogens with one attached hydrogen (secondary N) is 1.